The van der Waals surface area contributed by atoms with Crippen LogP contribution in [0.1, 0.15) is 5.56 Å². The Morgan fingerprint density at radius 3 is 2.08 bits per heavy atom. The van der Waals surface area contributed by atoms with Gasteiger partial charge < -0.3 is 0 Å². The molecule has 0 aromatic heterocycles. The van der Waals surface area contributed by atoms with Crippen LogP contribution in [-0.2, 0) is 15.6 Å². The summed E-state index contributed by atoms with van der Waals surface area (Å²) < 4.78 is 22.0. The highest BCUT2D eigenvalue weighted by atomic mass is 35.5. The van der Waals surface area contributed by atoms with Crippen molar-refractivity contribution in [2.75, 3.05) is 6.26 Å². The van der Waals surface area contributed by atoms with E-state index in [0.29, 0.717) is 15.6 Å². The van der Waals surface area contributed by atoms with Crippen LogP contribution in [0.3, 0.4) is 0 Å². The minimum absolute atomic E-state index is 0.120. The second-order valence-electron chi connectivity index (χ2n) is 2.77. The largest absolute Gasteiger partial charge is 0.229 e. The van der Waals surface area contributed by atoms with Crippen molar-refractivity contribution >= 4 is 33.0 Å². The zero-order valence-corrected chi connectivity index (χ0v) is 9.25. The molecule has 0 radical (unpaired) electrons. The molecular formula is C8H8Cl2O2S. The Kier molecular flexibility index (Phi) is 3.22. The lowest BCUT2D eigenvalue weighted by atomic mass is 10.2. The molecule has 13 heavy (non-hydrogen) atoms. The van der Waals surface area contributed by atoms with Crippen LogP contribution >= 0.6 is 23.2 Å². The summed E-state index contributed by atoms with van der Waals surface area (Å²) in [5.41, 5.74) is 0.466. The number of benzene rings is 1. The molecule has 72 valence electrons. The second-order valence-corrected chi connectivity index (χ2v) is 5.72. The molecule has 0 atom stereocenters. The number of rotatable bonds is 2. The summed E-state index contributed by atoms with van der Waals surface area (Å²) in [5, 5.41) is 0.774. The van der Waals surface area contributed by atoms with Gasteiger partial charge in [0.1, 0.15) is 0 Å². The molecule has 1 rings (SSSR count). The molecule has 0 saturated carbocycles. The van der Waals surface area contributed by atoms with Crippen LogP contribution in [0.15, 0.2) is 18.2 Å². The fourth-order valence-corrected chi connectivity index (χ4v) is 2.46. The summed E-state index contributed by atoms with van der Waals surface area (Å²) in [5.74, 6) is -0.120. The van der Waals surface area contributed by atoms with Crippen molar-refractivity contribution in [1.82, 2.24) is 0 Å². The average Bonchev–Trinajstić information content (AvgIpc) is 1.95. The van der Waals surface area contributed by atoms with Crippen LogP contribution in [-0.4, -0.2) is 14.7 Å². The first kappa shape index (κ1) is 10.8. The Balaban J connectivity index is 3.15. The van der Waals surface area contributed by atoms with E-state index in [0.717, 1.165) is 6.26 Å². The van der Waals surface area contributed by atoms with Crippen LogP contribution in [0.5, 0.6) is 0 Å². The van der Waals surface area contributed by atoms with Gasteiger partial charge in [-0.3, -0.25) is 0 Å². The second kappa shape index (κ2) is 3.86. The molecule has 5 heteroatoms. The quantitative estimate of drug-likeness (QED) is 0.794. The highest BCUT2D eigenvalue weighted by Crippen LogP contribution is 2.25. The molecule has 0 spiro atoms. The van der Waals surface area contributed by atoms with Gasteiger partial charge in [0.05, 0.1) is 5.75 Å². The normalized spacial score (nSPS) is 11.6. The topological polar surface area (TPSA) is 34.1 Å². The van der Waals surface area contributed by atoms with Crippen LogP contribution in [0.25, 0.3) is 0 Å². The van der Waals surface area contributed by atoms with E-state index in [1.54, 1.807) is 18.2 Å². The van der Waals surface area contributed by atoms with E-state index in [1.807, 2.05) is 0 Å². The first-order valence-corrected chi connectivity index (χ1v) is 6.32. The van der Waals surface area contributed by atoms with E-state index in [4.69, 9.17) is 23.2 Å². The number of halogens is 2. The fraction of sp³-hybridized carbons (Fsp3) is 0.250. The summed E-state index contributed by atoms with van der Waals surface area (Å²) in [6, 6.07) is 4.92. The molecule has 0 fully saturated rings. The van der Waals surface area contributed by atoms with Crippen LogP contribution in [0.2, 0.25) is 10.0 Å². The number of hydrogen-bond donors (Lipinski definition) is 0. The predicted molar refractivity (Wildman–Crippen MR) is 55.0 cm³/mol. The van der Waals surface area contributed by atoms with Gasteiger partial charge in [-0.15, -0.1) is 0 Å². The van der Waals surface area contributed by atoms with Gasteiger partial charge in [0, 0.05) is 21.9 Å². The van der Waals surface area contributed by atoms with E-state index in [1.165, 1.54) is 0 Å². The van der Waals surface area contributed by atoms with Gasteiger partial charge in [-0.2, -0.15) is 0 Å². The van der Waals surface area contributed by atoms with E-state index in [-0.39, 0.29) is 5.75 Å². The smallest absolute Gasteiger partial charge is 0.151 e. The maximum Gasteiger partial charge on any atom is 0.151 e. The van der Waals surface area contributed by atoms with Crippen molar-refractivity contribution in [2.45, 2.75) is 5.75 Å². The molecule has 1 aromatic carbocycles. The minimum atomic E-state index is -3.09. The highest BCUT2D eigenvalue weighted by molar-refractivity contribution is 7.89. The maximum atomic E-state index is 11.0. The zero-order valence-electron chi connectivity index (χ0n) is 6.92. The summed E-state index contributed by atoms with van der Waals surface area (Å²) >= 11 is 11.6. The Morgan fingerprint density at radius 1 is 1.23 bits per heavy atom. The minimum Gasteiger partial charge on any atom is -0.229 e. The Hall–Kier alpha value is -0.250. The molecule has 0 aliphatic heterocycles. The summed E-state index contributed by atoms with van der Waals surface area (Å²) in [4.78, 5) is 0. The van der Waals surface area contributed by atoms with E-state index in [9.17, 15) is 8.42 Å². The van der Waals surface area contributed by atoms with Gasteiger partial charge in [-0.25, -0.2) is 8.42 Å². The lowest BCUT2D eigenvalue weighted by molar-refractivity contribution is 0.601. The lowest BCUT2D eigenvalue weighted by Gasteiger charge is -2.04. The molecule has 0 saturated heterocycles. The third kappa shape index (κ3) is 3.18. The maximum absolute atomic E-state index is 11.0. The van der Waals surface area contributed by atoms with E-state index in [2.05, 4.69) is 0 Å². The molecule has 0 aliphatic carbocycles. The summed E-state index contributed by atoms with van der Waals surface area (Å²) in [7, 11) is -3.09. The molecule has 1 aromatic rings. The third-order valence-corrected chi connectivity index (χ3v) is 2.99. The van der Waals surface area contributed by atoms with Gasteiger partial charge in [-0.05, 0) is 12.1 Å². The molecule has 0 unspecified atom stereocenters. The first-order chi connectivity index (χ1) is 5.90. The van der Waals surface area contributed by atoms with Crippen LogP contribution in [0, 0.1) is 0 Å². The van der Waals surface area contributed by atoms with E-state index < -0.39 is 9.84 Å². The van der Waals surface area contributed by atoms with Crippen LogP contribution in [0.4, 0.5) is 0 Å². The van der Waals surface area contributed by atoms with Crippen molar-refractivity contribution < 1.29 is 8.42 Å². The first-order valence-electron chi connectivity index (χ1n) is 3.51. The monoisotopic (exact) mass is 238 g/mol. The standard InChI is InChI=1S/C8H8Cl2O2S/c1-13(11,12)5-6-7(9)3-2-4-8(6)10/h2-4H,5H2,1H3. The third-order valence-electron chi connectivity index (χ3n) is 1.47. The summed E-state index contributed by atoms with van der Waals surface area (Å²) in [6.07, 6.45) is 1.15. The van der Waals surface area contributed by atoms with Gasteiger partial charge in [0.25, 0.3) is 0 Å². The zero-order chi connectivity index (χ0) is 10.1. The Morgan fingerprint density at radius 2 is 1.69 bits per heavy atom. The molecule has 2 nitrogen and oxygen atoms in total. The highest BCUT2D eigenvalue weighted by Gasteiger charge is 2.11. The molecule has 0 amide bonds. The van der Waals surface area contributed by atoms with Gasteiger partial charge in [0.15, 0.2) is 9.84 Å². The van der Waals surface area contributed by atoms with Crippen molar-refractivity contribution in [3.05, 3.63) is 33.8 Å². The SMILES string of the molecule is CS(=O)(=O)Cc1c(Cl)cccc1Cl. The lowest BCUT2D eigenvalue weighted by Crippen LogP contribution is -2.01. The van der Waals surface area contributed by atoms with Crippen molar-refractivity contribution in [3.63, 3.8) is 0 Å². The fourth-order valence-electron chi connectivity index (χ4n) is 0.932. The van der Waals surface area contributed by atoms with Crippen LogP contribution < -0.4 is 0 Å². The Bertz CT molecular complexity index is 392. The van der Waals surface area contributed by atoms with Gasteiger partial charge in [-0.1, -0.05) is 29.3 Å². The average molecular weight is 239 g/mol. The Labute approximate surface area is 87.4 Å². The van der Waals surface area contributed by atoms with Crippen molar-refractivity contribution in [3.8, 4) is 0 Å². The van der Waals surface area contributed by atoms with Crippen molar-refractivity contribution in [2.24, 2.45) is 0 Å². The van der Waals surface area contributed by atoms with Crippen molar-refractivity contribution in [1.29, 1.82) is 0 Å². The molecule has 0 heterocycles. The predicted octanol–water partition coefficient (Wildman–Crippen LogP) is 2.54. The number of sulfone groups is 1. The molecule has 0 bridgehead atoms. The molecule has 0 aliphatic rings. The number of hydrogen-bond acceptors (Lipinski definition) is 2. The molecular weight excluding hydrogens is 231 g/mol. The van der Waals surface area contributed by atoms with Gasteiger partial charge in [0.2, 0.25) is 0 Å². The van der Waals surface area contributed by atoms with Gasteiger partial charge >= 0.3 is 0 Å². The summed E-state index contributed by atoms with van der Waals surface area (Å²) in [6.45, 7) is 0. The molecule has 0 N–H and O–H groups in total. The van der Waals surface area contributed by atoms with E-state index >= 15 is 0 Å².